The zero-order valence-electron chi connectivity index (χ0n) is 16.7. The molecular weight excluding hydrogens is 405 g/mol. The number of methoxy groups -OCH3 is 1. The van der Waals surface area contributed by atoms with Crippen molar-refractivity contribution in [3.05, 3.63) is 48.3 Å². The van der Waals surface area contributed by atoms with E-state index in [2.05, 4.69) is 29.8 Å². The zero-order chi connectivity index (χ0) is 22.1. The summed E-state index contributed by atoms with van der Waals surface area (Å²) >= 11 is 0. The van der Waals surface area contributed by atoms with Crippen molar-refractivity contribution in [1.29, 1.82) is 0 Å². The smallest absolute Gasteiger partial charge is 0.413 e. The summed E-state index contributed by atoms with van der Waals surface area (Å²) in [6, 6.07) is 4.59. The molecule has 0 aliphatic carbocycles. The molecule has 0 atom stereocenters. The van der Waals surface area contributed by atoms with E-state index >= 15 is 0 Å². The van der Waals surface area contributed by atoms with Crippen LogP contribution in [0, 0.1) is 5.82 Å². The Morgan fingerprint density at radius 2 is 1.87 bits per heavy atom. The van der Waals surface area contributed by atoms with Gasteiger partial charge in [-0.1, -0.05) is 12.1 Å². The number of nitrogens with two attached hydrogens (primary N) is 2. The molecule has 0 spiro atoms. The SMILES string of the molecule is COC(=O)N(C)c1c(N)nc(-c2nn(Cc3cncnc3)c3c(F)cccc23)nc1N. The molecule has 0 radical (unpaired) electrons. The lowest BCUT2D eigenvalue weighted by molar-refractivity contribution is 0.180. The van der Waals surface area contributed by atoms with Crippen LogP contribution in [0.2, 0.25) is 0 Å². The Balaban J connectivity index is 1.85. The third-order valence-corrected chi connectivity index (χ3v) is 4.60. The Labute approximate surface area is 175 Å². The van der Waals surface area contributed by atoms with Crippen molar-refractivity contribution < 1.29 is 13.9 Å². The first-order valence-electron chi connectivity index (χ1n) is 9.04. The normalized spacial score (nSPS) is 10.9. The predicted molar refractivity (Wildman–Crippen MR) is 111 cm³/mol. The number of para-hydroxylation sites is 1. The minimum atomic E-state index is -0.684. The molecule has 31 heavy (non-hydrogen) atoms. The average Bonchev–Trinajstić information content (AvgIpc) is 3.13. The quantitative estimate of drug-likeness (QED) is 0.501. The maximum absolute atomic E-state index is 14.7. The number of carbonyl (C=O) groups excluding carboxylic acids is 1. The van der Waals surface area contributed by atoms with Crippen molar-refractivity contribution in [3.8, 4) is 11.5 Å². The van der Waals surface area contributed by atoms with Crippen molar-refractivity contribution in [2.24, 2.45) is 0 Å². The first kappa shape index (κ1) is 19.9. The molecule has 0 unspecified atom stereocenters. The molecule has 0 bridgehead atoms. The molecule has 3 heterocycles. The van der Waals surface area contributed by atoms with Crippen LogP contribution in [0.25, 0.3) is 22.4 Å². The molecule has 1 aromatic carbocycles. The Morgan fingerprint density at radius 3 is 2.52 bits per heavy atom. The minimum Gasteiger partial charge on any atom is -0.452 e. The van der Waals surface area contributed by atoms with E-state index in [0.29, 0.717) is 5.39 Å². The van der Waals surface area contributed by atoms with Crippen molar-refractivity contribution in [2.75, 3.05) is 30.5 Å². The molecule has 0 aliphatic heterocycles. The van der Waals surface area contributed by atoms with Crippen LogP contribution in [0.4, 0.5) is 26.5 Å². The summed E-state index contributed by atoms with van der Waals surface area (Å²) in [6.07, 6.45) is 3.95. The number of halogens is 1. The first-order valence-corrected chi connectivity index (χ1v) is 9.04. The molecule has 4 N–H and O–H groups in total. The largest absolute Gasteiger partial charge is 0.452 e. The number of nitrogen functional groups attached to an aromatic ring is 2. The van der Waals surface area contributed by atoms with Gasteiger partial charge in [0, 0.05) is 30.4 Å². The fourth-order valence-corrected chi connectivity index (χ4v) is 3.23. The van der Waals surface area contributed by atoms with Crippen molar-refractivity contribution >= 4 is 34.3 Å². The molecule has 0 fully saturated rings. The summed E-state index contributed by atoms with van der Waals surface area (Å²) in [5.74, 6) is -0.469. The first-order chi connectivity index (χ1) is 14.9. The number of hydrogen-bond acceptors (Lipinski definition) is 9. The Bertz CT molecular complexity index is 1250. The van der Waals surface area contributed by atoms with Crippen LogP contribution in [0.15, 0.2) is 36.9 Å². The van der Waals surface area contributed by atoms with Crippen molar-refractivity contribution in [1.82, 2.24) is 29.7 Å². The second-order valence-electron chi connectivity index (χ2n) is 6.58. The van der Waals surface area contributed by atoms with E-state index in [-0.39, 0.29) is 40.9 Å². The highest BCUT2D eigenvalue weighted by atomic mass is 19.1. The van der Waals surface area contributed by atoms with Gasteiger partial charge in [0.15, 0.2) is 17.5 Å². The van der Waals surface area contributed by atoms with E-state index in [1.165, 1.54) is 31.2 Å². The van der Waals surface area contributed by atoms with Crippen LogP contribution >= 0.6 is 0 Å². The molecular formula is C19H18FN9O2. The molecule has 0 aliphatic rings. The molecule has 11 nitrogen and oxygen atoms in total. The number of aromatic nitrogens is 6. The van der Waals surface area contributed by atoms with Crippen molar-refractivity contribution in [2.45, 2.75) is 6.54 Å². The van der Waals surface area contributed by atoms with E-state index in [0.717, 1.165) is 10.5 Å². The summed E-state index contributed by atoms with van der Waals surface area (Å²) in [5.41, 5.74) is 13.5. The van der Waals surface area contributed by atoms with Crippen LogP contribution in [0.5, 0.6) is 0 Å². The second-order valence-corrected chi connectivity index (χ2v) is 6.58. The minimum absolute atomic E-state index is 0.0500. The summed E-state index contributed by atoms with van der Waals surface area (Å²) in [4.78, 5) is 29.4. The zero-order valence-corrected chi connectivity index (χ0v) is 16.7. The Morgan fingerprint density at radius 1 is 1.19 bits per heavy atom. The highest BCUT2D eigenvalue weighted by Gasteiger charge is 2.23. The number of ether oxygens (including phenoxy) is 1. The number of benzene rings is 1. The number of carbonyl (C=O) groups is 1. The van der Waals surface area contributed by atoms with Gasteiger partial charge in [0.2, 0.25) is 0 Å². The Kier molecular flexibility index (Phi) is 5.03. The fourth-order valence-electron chi connectivity index (χ4n) is 3.23. The van der Waals surface area contributed by atoms with Gasteiger partial charge in [-0.3, -0.25) is 9.58 Å². The molecule has 0 saturated carbocycles. The third kappa shape index (κ3) is 3.54. The van der Waals surface area contributed by atoms with Gasteiger partial charge in [0.1, 0.15) is 29.0 Å². The summed E-state index contributed by atoms with van der Waals surface area (Å²) in [5, 5.41) is 4.98. The van der Waals surface area contributed by atoms with E-state index in [9.17, 15) is 9.18 Å². The second kappa shape index (κ2) is 7.82. The molecule has 3 aromatic heterocycles. The van der Waals surface area contributed by atoms with Crippen LogP contribution in [0.1, 0.15) is 5.56 Å². The number of hydrogen-bond donors (Lipinski definition) is 2. The maximum Gasteiger partial charge on any atom is 0.413 e. The summed E-state index contributed by atoms with van der Waals surface area (Å²) in [6.45, 7) is 0.229. The van der Waals surface area contributed by atoms with Crippen molar-refractivity contribution in [3.63, 3.8) is 0 Å². The average molecular weight is 423 g/mol. The highest BCUT2D eigenvalue weighted by Crippen LogP contribution is 2.33. The third-order valence-electron chi connectivity index (χ3n) is 4.60. The van der Waals surface area contributed by atoms with Crippen LogP contribution in [0.3, 0.4) is 0 Å². The van der Waals surface area contributed by atoms with Gasteiger partial charge in [-0.25, -0.2) is 29.1 Å². The number of nitrogens with zero attached hydrogens (tertiary/aromatic N) is 7. The number of rotatable bonds is 4. The maximum atomic E-state index is 14.7. The molecule has 0 saturated heterocycles. The summed E-state index contributed by atoms with van der Waals surface area (Å²) in [7, 11) is 2.66. The fraction of sp³-hybridized carbons (Fsp3) is 0.158. The van der Waals surface area contributed by atoms with E-state index in [1.807, 2.05) is 0 Å². The van der Waals surface area contributed by atoms with Gasteiger partial charge in [-0.2, -0.15) is 5.10 Å². The van der Waals surface area contributed by atoms with Crippen LogP contribution < -0.4 is 16.4 Å². The standard InChI is InChI=1S/C19H18FN9O2/c1-28(19(30)31-2)15-16(21)25-18(26-17(15)22)13-11-4-3-5-12(20)14(11)29(27-13)8-10-6-23-9-24-7-10/h3-7,9H,8H2,1-2H3,(H4,21,22,25,26). The van der Waals surface area contributed by atoms with E-state index < -0.39 is 11.9 Å². The lowest BCUT2D eigenvalue weighted by Gasteiger charge is -2.18. The topological polar surface area (TPSA) is 151 Å². The number of fused-ring (bicyclic) bond motifs is 1. The van der Waals surface area contributed by atoms with Gasteiger partial charge in [0.05, 0.1) is 13.7 Å². The molecule has 4 rings (SSSR count). The summed E-state index contributed by atoms with van der Waals surface area (Å²) < 4.78 is 20.8. The van der Waals surface area contributed by atoms with Gasteiger partial charge >= 0.3 is 6.09 Å². The molecule has 1 amide bonds. The number of anilines is 3. The lowest BCUT2D eigenvalue weighted by atomic mass is 10.2. The number of amides is 1. The van der Waals surface area contributed by atoms with Crippen LogP contribution in [-0.4, -0.2) is 50.0 Å². The van der Waals surface area contributed by atoms with Gasteiger partial charge in [-0.15, -0.1) is 0 Å². The van der Waals surface area contributed by atoms with E-state index in [4.69, 9.17) is 11.5 Å². The Hall–Kier alpha value is -4.35. The highest BCUT2D eigenvalue weighted by molar-refractivity contribution is 5.96. The predicted octanol–water partition coefficient (Wildman–Crippen LogP) is 1.84. The molecule has 12 heteroatoms. The van der Waals surface area contributed by atoms with Crippen LogP contribution in [-0.2, 0) is 11.3 Å². The van der Waals surface area contributed by atoms with E-state index in [1.54, 1.807) is 24.5 Å². The monoisotopic (exact) mass is 423 g/mol. The lowest BCUT2D eigenvalue weighted by Crippen LogP contribution is -2.28. The van der Waals surface area contributed by atoms with Gasteiger partial charge < -0.3 is 16.2 Å². The molecule has 4 aromatic rings. The van der Waals surface area contributed by atoms with Gasteiger partial charge in [-0.05, 0) is 6.07 Å². The molecule has 158 valence electrons. The van der Waals surface area contributed by atoms with Gasteiger partial charge in [0.25, 0.3) is 0 Å².